The van der Waals surface area contributed by atoms with E-state index in [-0.39, 0.29) is 5.78 Å². The number of Topliss-reactive ketones (excluding diaryl/α,β-unsaturated/α-hetero) is 1. The summed E-state index contributed by atoms with van der Waals surface area (Å²) in [6.45, 7) is 3.81. The third-order valence-corrected chi connectivity index (χ3v) is 3.28. The highest BCUT2D eigenvalue weighted by atomic mass is 16.1. The SMILES string of the molecule is CC(=O)CC1Cc2c(C)cccc2N1C. The van der Waals surface area contributed by atoms with Gasteiger partial charge in [-0.2, -0.15) is 0 Å². The van der Waals surface area contributed by atoms with Gasteiger partial charge in [-0.25, -0.2) is 0 Å². The van der Waals surface area contributed by atoms with E-state index in [1.807, 2.05) is 0 Å². The molecule has 1 aromatic carbocycles. The van der Waals surface area contributed by atoms with Gasteiger partial charge in [-0.3, -0.25) is 4.79 Å². The average Bonchev–Trinajstić information content (AvgIpc) is 2.46. The Morgan fingerprint density at radius 1 is 1.53 bits per heavy atom. The van der Waals surface area contributed by atoms with Gasteiger partial charge < -0.3 is 4.90 Å². The minimum absolute atomic E-state index is 0.275. The zero-order valence-corrected chi connectivity index (χ0v) is 9.58. The number of aryl methyl sites for hydroxylation is 1. The summed E-state index contributed by atoms with van der Waals surface area (Å²) in [5.74, 6) is 0.275. The van der Waals surface area contributed by atoms with Crippen LogP contribution in [0.15, 0.2) is 18.2 Å². The van der Waals surface area contributed by atoms with E-state index in [4.69, 9.17) is 0 Å². The van der Waals surface area contributed by atoms with E-state index in [9.17, 15) is 4.79 Å². The molecule has 0 spiro atoms. The molecular weight excluding hydrogens is 186 g/mol. The summed E-state index contributed by atoms with van der Waals surface area (Å²) in [6.07, 6.45) is 1.67. The van der Waals surface area contributed by atoms with E-state index >= 15 is 0 Å². The molecule has 2 nitrogen and oxygen atoms in total. The van der Waals surface area contributed by atoms with Crippen LogP contribution in [0, 0.1) is 6.92 Å². The first-order valence-corrected chi connectivity index (χ1v) is 5.40. The van der Waals surface area contributed by atoms with Crippen molar-refractivity contribution in [2.75, 3.05) is 11.9 Å². The summed E-state index contributed by atoms with van der Waals surface area (Å²) >= 11 is 0. The van der Waals surface area contributed by atoms with Gasteiger partial charge >= 0.3 is 0 Å². The molecule has 15 heavy (non-hydrogen) atoms. The van der Waals surface area contributed by atoms with Crippen LogP contribution in [0.3, 0.4) is 0 Å². The van der Waals surface area contributed by atoms with Gasteiger partial charge in [0.1, 0.15) is 5.78 Å². The fraction of sp³-hybridized carbons (Fsp3) is 0.462. The van der Waals surface area contributed by atoms with Gasteiger partial charge in [-0.15, -0.1) is 0 Å². The van der Waals surface area contributed by atoms with E-state index in [2.05, 4.69) is 37.1 Å². The molecule has 1 atom stereocenters. The molecule has 1 aliphatic rings. The van der Waals surface area contributed by atoms with E-state index < -0.39 is 0 Å². The molecule has 0 saturated heterocycles. The summed E-state index contributed by atoms with van der Waals surface area (Å²) in [5, 5.41) is 0. The molecule has 1 unspecified atom stereocenters. The lowest BCUT2D eigenvalue weighted by Gasteiger charge is -2.21. The Kier molecular flexibility index (Phi) is 2.51. The molecule has 0 aromatic heterocycles. The van der Waals surface area contributed by atoms with Crippen molar-refractivity contribution in [1.82, 2.24) is 0 Å². The fourth-order valence-electron chi connectivity index (χ4n) is 2.39. The topological polar surface area (TPSA) is 20.3 Å². The van der Waals surface area contributed by atoms with Crippen LogP contribution in [0.5, 0.6) is 0 Å². The summed E-state index contributed by atoms with van der Waals surface area (Å²) in [6, 6.07) is 6.73. The van der Waals surface area contributed by atoms with Crippen molar-refractivity contribution in [3.63, 3.8) is 0 Å². The standard InChI is InChI=1S/C13H17NO/c1-9-5-4-6-13-12(9)8-11(14(13)3)7-10(2)15/h4-6,11H,7-8H2,1-3H3. The number of likely N-dealkylation sites (N-methyl/N-ethyl adjacent to an activating group) is 1. The van der Waals surface area contributed by atoms with Gasteiger partial charge in [0.15, 0.2) is 0 Å². The fourth-order valence-corrected chi connectivity index (χ4v) is 2.39. The highest BCUT2D eigenvalue weighted by molar-refractivity contribution is 5.77. The first-order chi connectivity index (χ1) is 7.09. The number of hydrogen-bond acceptors (Lipinski definition) is 2. The van der Waals surface area contributed by atoms with Crippen LogP contribution in [0.2, 0.25) is 0 Å². The molecule has 0 aliphatic carbocycles. The van der Waals surface area contributed by atoms with Crippen molar-refractivity contribution >= 4 is 11.5 Å². The Labute approximate surface area is 90.9 Å². The summed E-state index contributed by atoms with van der Waals surface area (Å²) in [4.78, 5) is 13.4. The lowest BCUT2D eigenvalue weighted by molar-refractivity contribution is -0.117. The largest absolute Gasteiger partial charge is 0.371 e. The molecule has 2 heteroatoms. The van der Waals surface area contributed by atoms with Crippen molar-refractivity contribution in [1.29, 1.82) is 0 Å². The Balaban J connectivity index is 2.29. The summed E-state index contributed by atoms with van der Waals surface area (Å²) in [7, 11) is 2.08. The molecule has 1 aliphatic heterocycles. The van der Waals surface area contributed by atoms with Crippen molar-refractivity contribution in [3.05, 3.63) is 29.3 Å². The van der Waals surface area contributed by atoms with E-state index in [1.165, 1.54) is 16.8 Å². The summed E-state index contributed by atoms with van der Waals surface area (Å²) in [5.41, 5.74) is 4.04. The van der Waals surface area contributed by atoms with Crippen molar-refractivity contribution in [2.45, 2.75) is 32.7 Å². The van der Waals surface area contributed by atoms with E-state index in [0.717, 1.165) is 6.42 Å². The number of benzene rings is 1. The smallest absolute Gasteiger partial charge is 0.131 e. The number of carbonyl (C=O) groups excluding carboxylic acids is 1. The minimum Gasteiger partial charge on any atom is -0.371 e. The average molecular weight is 203 g/mol. The monoisotopic (exact) mass is 203 g/mol. The quantitative estimate of drug-likeness (QED) is 0.735. The Morgan fingerprint density at radius 2 is 2.27 bits per heavy atom. The molecule has 0 saturated carbocycles. The number of hydrogen-bond donors (Lipinski definition) is 0. The third-order valence-electron chi connectivity index (χ3n) is 3.28. The Morgan fingerprint density at radius 3 is 2.87 bits per heavy atom. The van der Waals surface area contributed by atoms with Crippen LogP contribution in [0.25, 0.3) is 0 Å². The predicted octanol–water partition coefficient (Wildman–Crippen LogP) is 2.34. The van der Waals surface area contributed by atoms with E-state index in [1.54, 1.807) is 6.92 Å². The van der Waals surface area contributed by atoms with Crippen molar-refractivity contribution in [2.24, 2.45) is 0 Å². The highest BCUT2D eigenvalue weighted by Gasteiger charge is 2.27. The van der Waals surface area contributed by atoms with Crippen LogP contribution < -0.4 is 4.90 Å². The first-order valence-electron chi connectivity index (χ1n) is 5.40. The van der Waals surface area contributed by atoms with Gasteiger partial charge in [0, 0.05) is 25.2 Å². The number of nitrogens with zero attached hydrogens (tertiary/aromatic N) is 1. The highest BCUT2D eigenvalue weighted by Crippen LogP contribution is 2.34. The lowest BCUT2D eigenvalue weighted by Crippen LogP contribution is -2.29. The lowest BCUT2D eigenvalue weighted by atomic mass is 10.0. The molecule has 1 heterocycles. The number of anilines is 1. The van der Waals surface area contributed by atoms with Gasteiger partial charge in [-0.1, -0.05) is 12.1 Å². The van der Waals surface area contributed by atoms with Crippen molar-refractivity contribution in [3.8, 4) is 0 Å². The molecule has 0 radical (unpaired) electrons. The molecule has 1 aromatic rings. The van der Waals surface area contributed by atoms with Crippen molar-refractivity contribution < 1.29 is 4.79 Å². The Bertz CT molecular complexity index is 398. The molecule has 80 valence electrons. The van der Waals surface area contributed by atoms with Gasteiger partial charge in [0.2, 0.25) is 0 Å². The maximum atomic E-state index is 11.2. The zero-order valence-electron chi connectivity index (χ0n) is 9.58. The molecular formula is C13H17NO. The normalized spacial score (nSPS) is 19.1. The molecule has 0 fully saturated rings. The van der Waals surface area contributed by atoms with Crippen LogP contribution in [0.4, 0.5) is 5.69 Å². The molecule has 0 bridgehead atoms. The van der Waals surface area contributed by atoms with Crippen LogP contribution >= 0.6 is 0 Å². The Hall–Kier alpha value is -1.31. The van der Waals surface area contributed by atoms with Crippen LogP contribution in [0.1, 0.15) is 24.5 Å². The number of ketones is 1. The van der Waals surface area contributed by atoms with Crippen LogP contribution in [-0.2, 0) is 11.2 Å². The molecule has 0 amide bonds. The maximum Gasteiger partial charge on any atom is 0.131 e. The summed E-state index contributed by atoms with van der Waals surface area (Å²) < 4.78 is 0. The van der Waals surface area contributed by atoms with Crippen LogP contribution in [-0.4, -0.2) is 18.9 Å². The van der Waals surface area contributed by atoms with E-state index in [0.29, 0.717) is 12.5 Å². The second-order valence-electron chi connectivity index (χ2n) is 4.45. The number of fused-ring (bicyclic) bond motifs is 1. The predicted molar refractivity (Wildman–Crippen MR) is 62.4 cm³/mol. The van der Waals surface area contributed by atoms with Gasteiger partial charge in [0.25, 0.3) is 0 Å². The number of rotatable bonds is 2. The number of carbonyl (C=O) groups is 1. The minimum atomic E-state index is 0.275. The maximum absolute atomic E-state index is 11.2. The first kappa shape index (κ1) is 10.2. The second kappa shape index (κ2) is 3.69. The van der Waals surface area contributed by atoms with Gasteiger partial charge in [0.05, 0.1) is 0 Å². The molecule has 2 rings (SSSR count). The third kappa shape index (κ3) is 1.76. The molecule has 0 N–H and O–H groups in total. The van der Waals surface area contributed by atoms with Gasteiger partial charge in [-0.05, 0) is 37.5 Å². The zero-order chi connectivity index (χ0) is 11.0. The second-order valence-corrected chi connectivity index (χ2v) is 4.45.